The quantitative estimate of drug-likeness (QED) is 0.672. The standard InChI is InChI=1S/C13H16FIN2O3/c1-7(2)11(6-12(18)19)17-13(20)16-10-4-3-8(14)5-9(10)15/h3-5,7,11H,6H2,1-2H3,(H,18,19)(H2,16,17,20). The van der Waals surface area contributed by atoms with Crippen LogP contribution in [-0.4, -0.2) is 23.1 Å². The van der Waals surface area contributed by atoms with Gasteiger partial charge in [0.25, 0.3) is 0 Å². The van der Waals surface area contributed by atoms with Crippen LogP contribution in [0.25, 0.3) is 0 Å². The molecule has 1 atom stereocenters. The molecule has 0 saturated heterocycles. The third-order valence-electron chi connectivity index (χ3n) is 2.70. The van der Waals surface area contributed by atoms with E-state index in [2.05, 4.69) is 10.6 Å². The fourth-order valence-electron chi connectivity index (χ4n) is 1.56. The van der Waals surface area contributed by atoms with Gasteiger partial charge in [-0.15, -0.1) is 0 Å². The molecule has 0 aliphatic heterocycles. The molecule has 110 valence electrons. The van der Waals surface area contributed by atoms with Crippen molar-refractivity contribution in [3.05, 3.63) is 27.6 Å². The summed E-state index contributed by atoms with van der Waals surface area (Å²) in [4.78, 5) is 22.6. The Morgan fingerprint density at radius 2 is 2.05 bits per heavy atom. The lowest BCUT2D eigenvalue weighted by molar-refractivity contribution is -0.137. The van der Waals surface area contributed by atoms with E-state index in [0.29, 0.717) is 9.26 Å². The minimum Gasteiger partial charge on any atom is -0.481 e. The molecule has 7 heteroatoms. The summed E-state index contributed by atoms with van der Waals surface area (Å²) in [5.74, 6) is -1.37. The second-order valence-corrected chi connectivity index (χ2v) is 5.83. The van der Waals surface area contributed by atoms with Crippen molar-refractivity contribution in [1.82, 2.24) is 5.32 Å². The number of rotatable bonds is 5. The molecule has 0 aromatic heterocycles. The number of halogens is 2. The average molecular weight is 394 g/mol. The summed E-state index contributed by atoms with van der Waals surface area (Å²) in [6, 6.07) is 3.03. The molecular formula is C13H16FIN2O3. The Bertz CT molecular complexity index is 508. The molecule has 0 fully saturated rings. The minimum absolute atomic E-state index is 0.0101. The van der Waals surface area contributed by atoms with Crippen molar-refractivity contribution in [2.75, 3.05) is 5.32 Å². The highest BCUT2D eigenvalue weighted by molar-refractivity contribution is 14.1. The molecule has 0 aliphatic rings. The first-order chi connectivity index (χ1) is 9.29. The Morgan fingerprint density at radius 1 is 1.40 bits per heavy atom. The molecule has 0 heterocycles. The highest BCUT2D eigenvalue weighted by atomic mass is 127. The predicted octanol–water partition coefficient (Wildman–Crippen LogP) is 3.05. The number of hydrogen-bond donors (Lipinski definition) is 3. The first-order valence-corrected chi connectivity index (χ1v) is 7.12. The van der Waals surface area contributed by atoms with Gasteiger partial charge in [0.2, 0.25) is 0 Å². The van der Waals surface area contributed by atoms with Gasteiger partial charge < -0.3 is 15.7 Å². The molecular weight excluding hydrogens is 378 g/mol. The number of carbonyl (C=O) groups excluding carboxylic acids is 1. The van der Waals surface area contributed by atoms with Crippen LogP contribution >= 0.6 is 22.6 Å². The maximum atomic E-state index is 12.9. The zero-order valence-corrected chi connectivity index (χ0v) is 13.3. The number of urea groups is 1. The topological polar surface area (TPSA) is 78.4 Å². The molecule has 1 unspecified atom stereocenters. The molecule has 0 bridgehead atoms. The Kier molecular flexibility index (Phi) is 6.18. The van der Waals surface area contributed by atoms with Gasteiger partial charge in [-0.25, -0.2) is 9.18 Å². The van der Waals surface area contributed by atoms with Gasteiger partial charge in [-0.05, 0) is 46.7 Å². The number of anilines is 1. The molecule has 1 aromatic carbocycles. The highest BCUT2D eigenvalue weighted by Gasteiger charge is 2.19. The molecule has 5 nitrogen and oxygen atoms in total. The van der Waals surface area contributed by atoms with Crippen LogP contribution in [0.3, 0.4) is 0 Å². The molecule has 1 rings (SSSR count). The number of hydrogen-bond acceptors (Lipinski definition) is 2. The Balaban J connectivity index is 2.68. The first-order valence-electron chi connectivity index (χ1n) is 6.04. The van der Waals surface area contributed by atoms with Crippen LogP contribution in [0.4, 0.5) is 14.9 Å². The van der Waals surface area contributed by atoms with E-state index in [1.54, 1.807) is 0 Å². The maximum Gasteiger partial charge on any atom is 0.319 e. The van der Waals surface area contributed by atoms with Crippen LogP contribution in [0, 0.1) is 15.3 Å². The van der Waals surface area contributed by atoms with Crippen molar-refractivity contribution in [1.29, 1.82) is 0 Å². The number of carboxylic acid groups (broad SMARTS) is 1. The van der Waals surface area contributed by atoms with Crippen LogP contribution in [0.5, 0.6) is 0 Å². The molecule has 0 spiro atoms. The van der Waals surface area contributed by atoms with E-state index in [1.807, 2.05) is 36.4 Å². The normalized spacial score (nSPS) is 12.1. The summed E-state index contributed by atoms with van der Waals surface area (Å²) < 4.78 is 13.5. The Hall–Kier alpha value is -1.38. The molecule has 0 radical (unpaired) electrons. The number of carbonyl (C=O) groups is 2. The van der Waals surface area contributed by atoms with E-state index in [1.165, 1.54) is 18.2 Å². The molecule has 20 heavy (non-hydrogen) atoms. The summed E-state index contributed by atoms with van der Waals surface area (Å²) in [5, 5.41) is 14.0. The van der Waals surface area contributed by atoms with Gasteiger partial charge >= 0.3 is 12.0 Å². The lowest BCUT2D eigenvalue weighted by Crippen LogP contribution is -2.42. The number of amides is 2. The second kappa shape index (κ2) is 7.41. The van der Waals surface area contributed by atoms with Crippen LogP contribution in [0.15, 0.2) is 18.2 Å². The number of benzene rings is 1. The Morgan fingerprint density at radius 3 is 2.55 bits per heavy atom. The predicted molar refractivity (Wildman–Crippen MR) is 82.2 cm³/mol. The van der Waals surface area contributed by atoms with E-state index in [9.17, 15) is 14.0 Å². The average Bonchev–Trinajstić information content (AvgIpc) is 2.31. The lowest BCUT2D eigenvalue weighted by atomic mass is 10.0. The van der Waals surface area contributed by atoms with Crippen LogP contribution in [0.1, 0.15) is 20.3 Å². The van der Waals surface area contributed by atoms with Crippen molar-refractivity contribution >= 4 is 40.3 Å². The van der Waals surface area contributed by atoms with E-state index >= 15 is 0 Å². The minimum atomic E-state index is -0.972. The third-order valence-corrected chi connectivity index (χ3v) is 3.59. The molecule has 0 aliphatic carbocycles. The summed E-state index contributed by atoms with van der Waals surface area (Å²) in [6.07, 6.45) is -0.147. The number of nitrogens with one attached hydrogen (secondary N) is 2. The third kappa shape index (κ3) is 5.32. The van der Waals surface area contributed by atoms with Gasteiger partial charge in [-0.3, -0.25) is 4.79 Å². The number of aliphatic carboxylic acids is 1. The molecule has 1 aromatic rings. The zero-order chi connectivity index (χ0) is 15.3. The van der Waals surface area contributed by atoms with E-state index in [4.69, 9.17) is 5.11 Å². The smallest absolute Gasteiger partial charge is 0.319 e. The van der Waals surface area contributed by atoms with Crippen LogP contribution < -0.4 is 10.6 Å². The van der Waals surface area contributed by atoms with Crippen LogP contribution in [-0.2, 0) is 4.79 Å². The maximum absolute atomic E-state index is 12.9. The van der Waals surface area contributed by atoms with Crippen molar-refractivity contribution in [2.24, 2.45) is 5.92 Å². The summed E-state index contributed by atoms with van der Waals surface area (Å²) in [7, 11) is 0. The van der Waals surface area contributed by atoms with Crippen molar-refractivity contribution < 1.29 is 19.1 Å². The van der Waals surface area contributed by atoms with Gasteiger partial charge in [0.15, 0.2) is 0 Å². The van der Waals surface area contributed by atoms with Gasteiger partial charge in [0.1, 0.15) is 5.82 Å². The second-order valence-electron chi connectivity index (χ2n) is 4.67. The Labute approximate surface area is 130 Å². The van der Waals surface area contributed by atoms with E-state index in [-0.39, 0.29) is 18.2 Å². The van der Waals surface area contributed by atoms with Gasteiger partial charge in [-0.1, -0.05) is 13.8 Å². The summed E-state index contributed by atoms with van der Waals surface area (Å²) in [5.41, 5.74) is 0.474. The molecule has 3 N–H and O–H groups in total. The van der Waals surface area contributed by atoms with Crippen molar-refractivity contribution in [2.45, 2.75) is 26.3 Å². The SMILES string of the molecule is CC(C)C(CC(=O)O)NC(=O)Nc1ccc(F)cc1I. The summed E-state index contributed by atoms with van der Waals surface area (Å²) >= 11 is 1.91. The fraction of sp³-hybridized carbons (Fsp3) is 0.385. The van der Waals surface area contributed by atoms with Gasteiger partial charge in [-0.2, -0.15) is 0 Å². The number of carboxylic acids is 1. The zero-order valence-electron chi connectivity index (χ0n) is 11.1. The first kappa shape index (κ1) is 16.7. The summed E-state index contributed by atoms with van der Waals surface area (Å²) in [6.45, 7) is 3.66. The van der Waals surface area contributed by atoms with E-state index in [0.717, 1.165) is 0 Å². The molecule has 0 saturated carbocycles. The fourth-order valence-corrected chi connectivity index (χ4v) is 2.17. The monoisotopic (exact) mass is 394 g/mol. The molecule has 2 amide bonds. The lowest BCUT2D eigenvalue weighted by Gasteiger charge is -2.21. The van der Waals surface area contributed by atoms with Crippen molar-refractivity contribution in [3.63, 3.8) is 0 Å². The van der Waals surface area contributed by atoms with Crippen molar-refractivity contribution in [3.8, 4) is 0 Å². The largest absolute Gasteiger partial charge is 0.481 e. The highest BCUT2D eigenvalue weighted by Crippen LogP contribution is 2.19. The van der Waals surface area contributed by atoms with Gasteiger partial charge in [0, 0.05) is 9.61 Å². The van der Waals surface area contributed by atoms with Crippen LogP contribution in [0.2, 0.25) is 0 Å². The van der Waals surface area contributed by atoms with Gasteiger partial charge in [0.05, 0.1) is 12.1 Å². The van der Waals surface area contributed by atoms with E-state index < -0.39 is 18.0 Å².